The molecule has 0 aliphatic rings. The SMILES string of the molecule is Cc1ccc(F)c(OC(CN)c2ccncc2)c1. The van der Waals surface area contributed by atoms with Gasteiger partial charge in [0.2, 0.25) is 0 Å². The Kier molecular flexibility index (Phi) is 3.89. The number of hydrogen-bond donors (Lipinski definition) is 1. The van der Waals surface area contributed by atoms with Gasteiger partial charge in [0.25, 0.3) is 0 Å². The fraction of sp³-hybridized carbons (Fsp3) is 0.214. The van der Waals surface area contributed by atoms with Crippen molar-refractivity contribution in [2.75, 3.05) is 6.54 Å². The van der Waals surface area contributed by atoms with Crippen molar-refractivity contribution in [2.24, 2.45) is 5.73 Å². The first-order valence-corrected chi connectivity index (χ1v) is 5.73. The van der Waals surface area contributed by atoms with Crippen LogP contribution in [0.2, 0.25) is 0 Å². The summed E-state index contributed by atoms with van der Waals surface area (Å²) in [7, 11) is 0. The average Bonchev–Trinajstić information content (AvgIpc) is 2.41. The number of nitrogens with zero attached hydrogens (tertiary/aromatic N) is 1. The van der Waals surface area contributed by atoms with Crippen LogP contribution in [-0.4, -0.2) is 11.5 Å². The Balaban J connectivity index is 2.23. The Bertz CT molecular complexity index is 516. The molecule has 4 heteroatoms. The molecule has 3 nitrogen and oxygen atoms in total. The van der Waals surface area contributed by atoms with E-state index in [4.69, 9.17) is 10.5 Å². The fourth-order valence-electron chi connectivity index (χ4n) is 1.68. The zero-order chi connectivity index (χ0) is 13.0. The summed E-state index contributed by atoms with van der Waals surface area (Å²) in [6, 6.07) is 8.38. The monoisotopic (exact) mass is 246 g/mol. The summed E-state index contributed by atoms with van der Waals surface area (Å²) >= 11 is 0. The molecule has 0 aliphatic carbocycles. The van der Waals surface area contributed by atoms with Gasteiger partial charge in [0.05, 0.1) is 0 Å². The molecule has 0 saturated carbocycles. The molecule has 0 radical (unpaired) electrons. The molecule has 0 aliphatic heterocycles. The standard InChI is InChI=1S/C14H15FN2O/c1-10-2-3-12(15)13(8-10)18-14(9-16)11-4-6-17-7-5-11/h2-8,14H,9,16H2,1H3. The maximum absolute atomic E-state index is 13.6. The third-order valence-electron chi connectivity index (χ3n) is 2.65. The van der Waals surface area contributed by atoms with Gasteiger partial charge in [0.15, 0.2) is 11.6 Å². The minimum absolute atomic E-state index is 0.224. The molecule has 0 amide bonds. The highest BCUT2D eigenvalue weighted by Crippen LogP contribution is 2.24. The van der Waals surface area contributed by atoms with Crippen LogP contribution in [0.1, 0.15) is 17.2 Å². The first kappa shape index (κ1) is 12.5. The lowest BCUT2D eigenvalue weighted by Gasteiger charge is -2.18. The van der Waals surface area contributed by atoms with Crippen molar-refractivity contribution >= 4 is 0 Å². The van der Waals surface area contributed by atoms with Gasteiger partial charge < -0.3 is 10.5 Å². The molecule has 1 heterocycles. The molecule has 1 aromatic heterocycles. The van der Waals surface area contributed by atoms with Crippen LogP contribution in [0.15, 0.2) is 42.7 Å². The Labute approximate surface area is 105 Å². The zero-order valence-electron chi connectivity index (χ0n) is 10.1. The van der Waals surface area contributed by atoms with Crippen molar-refractivity contribution in [1.29, 1.82) is 0 Å². The highest BCUT2D eigenvalue weighted by Gasteiger charge is 2.13. The number of rotatable bonds is 4. The summed E-state index contributed by atoms with van der Waals surface area (Å²) in [6.07, 6.45) is 2.95. The number of nitrogens with two attached hydrogens (primary N) is 1. The molecule has 2 N–H and O–H groups in total. The van der Waals surface area contributed by atoms with Gasteiger partial charge in [-0.2, -0.15) is 0 Å². The minimum atomic E-state index is -0.381. The van der Waals surface area contributed by atoms with Gasteiger partial charge in [-0.1, -0.05) is 6.07 Å². The van der Waals surface area contributed by atoms with E-state index in [-0.39, 0.29) is 24.2 Å². The number of halogens is 1. The van der Waals surface area contributed by atoms with Crippen molar-refractivity contribution < 1.29 is 9.13 Å². The van der Waals surface area contributed by atoms with Crippen molar-refractivity contribution in [3.05, 3.63) is 59.7 Å². The molecule has 0 saturated heterocycles. The lowest BCUT2D eigenvalue weighted by molar-refractivity contribution is 0.204. The van der Waals surface area contributed by atoms with E-state index in [2.05, 4.69) is 4.98 Å². The minimum Gasteiger partial charge on any atom is -0.481 e. The van der Waals surface area contributed by atoms with Gasteiger partial charge in [-0.25, -0.2) is 4.39 Å². The summed E-state index contributed by atoms with van der Waals surface area (Å²) < 4.78 is 19.2. The molecule has 0 bridgehead atoms. The Morgan fingerprint density at radius 2 is 2.00 bits per heavy atom. The van der Waals surface area contributed by atoms with E-state index in [1.165, 1.54) is 6.07 Å². The second-order valence-electron chi connectivity index (χ2n) is 4.06. The number of hydrogen-bond acceptors (Lipinski definition) is 3. The van der Waals surface area contributed by atoms with E-state index in [0.29, 0.717) is 0 Å². The van der Waals surface area contributed by atoms with Crippen molar-refractivity contribution in [1.82, 2.24) is 4.98 Å². The zero-order valence-corrected chi connectivity index (χ0v) is 10.1. The molecule has 1 atom stereocenters. The summed E-state index contributed by atoms with van der Waals surface area (Å²) in [5, 5.41) is 0. The lowest BCUT2D eigenvalue weighted by Crippen LogP contribution is -2.19. The molecule has 94 valence electrons. The average molecular weight is 246 g/mol. The highest BCUT2D eigenvalue weighted by molar-refractivity contribution is 5.30. The second kappa shape index (κ2) is 5.60. The van der Waals surface area contributed by atoms with Gasteiger partial charge >= 0.3 is 0 Å². The van der Waals surface area contributed by atoms with Crippen LogP contribution in [0, 0.1) is 12.7 Å². The van der Waals surface area contributed by atoms with Crippen LogP contribution in [0.25, 0.3) is 0 Å². The van der Waals surface area contributed by atoms with Gasteiger partial charge in [0.1, 0.15) is 6.10 Å². The van der Waals surface area contributed by atoms with Crippen LogP contribution in [-0.2, 0) is 0 Å². The molecule has 1 unspecified atom stereocenters. The van der Waals surface area contributed by atoms with Crippen molar-refractivity contribution in [2.45, 2.75) is 13.0 Å². The maximum Gasteiger partial charge on any atom is 0.165 e. The normalized spacial score (nSPS) is 12.2. The summed E-state index contributed by atoms with van der Waals surface area (Å²) in [6.45, 7) is 2.16. The number of aromatic nitrogens is 1. The largest absolute Gasteiger partial charge is 0.481 e. The van der Waals surface area contributed by atoms with Crippen LogP contribution in [0.4, 0.5) is 4.39 Å². The van der Waals surface area contributed by atoms with E-state index in [1.54, 1.807) is 24.5 Å². The summed E-state index contributed by atoms with van der Waals surface area (Å²) in [5.74, 6) is -0.157. The Morgan fingerprint density at radius 3 is 2.67 bits per heavy atom. The van der Waals surface area contributed by atoms with Crippen LogP contribution < -0.4 is 10.5 Å². The quantitative estimate of drug-likeness (QED) is 0.902. The van der Waals surface area contributed by atoms with Gasteiger partial charge in [0, 0.05) is 18.9 Å². The van der Waals surface area contributed by atoms with Crippen LogP contribution in [0.5, 0.6) is 5.75 Å². The summed E-state index contributed by atoms with van der Waals surface area (Å²) in [5.41, 5.74) is 7.50. The lowest BCUT2D eigenvalue weighted by atomic mass is 10.1. The molecule has 2 aromatic rings. The maximum atomic E-state index is 13.6. The molecular weight excluding hydrogens is 231 g/mol. The van der Waals surface area contributed by atoms with E-state index in [9.17, 15) is 4.39 Å². The van der Waals surface area contributed by atoms with E-state index in [1.807, 2.05) is 19.1 Å². The number of pyridine rings is 1. The first-order valence-electron chi connectivity index (χ1n) is 5.73. The second-order valence-corrected chi connectivity index (χ2v) is 4.06. The smallest absolute Gasteiger partial charge is 0.165 e. The predicted octanol–water partition coefficient (Wildman–Crippen LogP) is 2.61. The Hall–Kier alpha value is -1.94. The molecule has 18 heavy (non-hydrogen) atoms. The molecular formula is C14H15FN2O. The predicted molar refractivity (Wildman–Crippen MR) is 67.8 cm³/mol. The fourth-order valence-corrected chi connectivity index (χ4v) is 1.68. The molecule has 0 spiro atoms. The van der Waals surface area contributed by atoms with Crippen molar-refractivity contribution in [3.63, 3.8) is 0 Å². The van der Waals surface area contributed by atoms with Gasteiger partial charge in [-0.05, 0) is 42.3 Å². The highest BCUT2D eigenvalue weighted by atomic mass is 19.1. The van der Waals surface area contributed by atoms with E-state index in [0.717, 1.165) is 11.1 Å². The first-order chi connectivity index (χ1) is 8.70. The number of ether oxygens (including phenoxy) is 1. The topological polar surface area (TPSA) is 48.1 Å². The third kappa shape index (κ3) is 2.84. The molecule has 1 aromatic carbocycles. The number of aryl methyl sites for hydroxylation is 1. The van der Waals surface area contributed by atoms with Gasteiger partial charge in [-0.15, -0.1) is 0 Å². The molecule has 2 rings (SSSR count). The van der Waals surface area contributed by atoms with Crippen molar-refractivity contribution in [3.8, 4) is 5.75 Å². The van der Waals surface area contributed by atoms with Gasteiger partial charge in [-0.3, -0.25) is 4.98 Å². The Morgan fingerprint density at radius 1 is 1.28 bits per heavy atom. The van der Waals surface area contributed by atoms with E-state index >= 15 is 0 Å². The van der Waals surface area contributed by atoms with Crippen LogP contribution >= 0.6 is 0 Å². The van der Waals surface area contributed by atoms with Crippen LogP contribution in [0.3, 0.4) is 0 Å². The van der Waals surface area contributed by atoms with E-state index < -0.39 is 0 Å². The summed E-state index contributed by atoms with van der Waals surface area (Å²) in [4.78, 5) is 3.93. The third-order valence-corrected chi connectivity index (χ3v) is 2.65. The number of benzene rings is 1. The molecule has 0 fully saturated rings.